The number of unbranched alkanes of at least 4 members (excludes halogenated alkanes) is 1. The lowest BCUT2D eigenvalue weighted by Crippen LogP contribution is -2.41. The minimum absolute atomic E-state index is 0. The molecule has 2 aromatic rings. The second-order valence-electron chi connectivity index (χ2n) is 6.47. The highest BCUT2D eigenvalue weighted by Gasteiger charge is 2.06. The Morgan fingerprint density at radius 1 is 1.15 bits per heavy atom. The first-order valence-electron chi connectivity index (χ1n) is 9.04. The number of hydrogen-bond donors (Lipinski definition) is 1. The van der Waals surface area contributed by atoms with Crippen LogP contribution in [0.5, 0.6) is 5.75 Å². The molecule has 1 heterocycles. The number of guanidine groups is 1. The molecule has 0 amide bonds. The van der Waals surface area contributed by atoms with Crippen LogP contribution in [0.4, 0.5) is 0 Å². The van der Waals surface area contributed by atoms with E-state index >= 15 is 0 Å². The number of ether oxygens (including phenoxy) is 1. The molecule has 0 saturated heterocycles. The fraction of sp³-hybridized carbons (Fsp3) is 0.526. The standard InChI is InChI=1S/C19H30N6O.HI/c1-16-11-17(2)13-18(12-16)26-10-9-24(4)19(20-3)21-7-5-6-8-25-14-22-23-15-25;/h11-15H,5-10H2,1-4H3,(H,20,21);1H. The minimum atomic E-state index is 0. The van der Waals surface area contributed by atoms with E-state index in [0.717, 1.165) is 44.2 Å². The number of likely N-dealkylation sites (N-methyl/N-ethyl adjacent to an activating group) is 1. The molecule has 0 aliphatic heterocycles. The lowest BCUT2D eigenvalue weighted by molar-refractivity contribution is 0.281. The van der Waals surface area contributed by atoms with Crippen molar-refractivity contribution < 1.29 is 4.74 Å². The molecule has 0 spiro atoms. The van der Waals surface area contributed by atoms with Gasteiger partial charge >= 0.3 is 0 Å². The van der Waals surface area contributed by atoms with Crippen LogP contribution in [0.2, 0.25) is 0 Å². The number of benzene rings is 1. The molecule has 8 heteroatoms. The van der Waals surface area contributed by atoms with Gasteiger partial charge in [-0.15, -0.1) is 34.2 Å². The molecule has 27 heavy (non-hydrogen) atoms. The van der Waals surface area contributed by atoms with Gasteiger partial charge in [-0.25, -0.2) is 0 Å². The Labute approximate surface area is 179 Å². The summed E-state index contributed by atoms with van der Waals surface area (Å²) in [5, 5.41) is 11.0. The zero-order chi connectivity index (χ0) is 18.8. The molecule has 1 aromatic heterocycles. The third kappa shape index (κ3) is 8.59. The number of hydrogen-bond acceptors (Lipinski definition) is 4. The van der Waals surface area contributed by atoms with E-state index in [1.807, 2.05) is 11.6 Å². The SMILES string of the molecule is CN=C(NCCCCn1cnnc1)N(C)CCOc1cc(C)cc(C)c1.I. The summed E-state index contributed by atoms with van der Waals surface area (Å²) in [6.07, 6.45) is 5.62. The predicted molar refractivity (Wildman–Crippen MR) is 120 cm³/mol. The van der Waals surface area contributed by atoms with Crippen LogP contribution in [0.25, 0.3) is 0 Å². The molecule has 0 radical (unpaired) electrons. The summed E-state index contributed by atoms with van der Waals surface area (Å²) in [4.78, 5) is 6.43. The maximum atomic E-state index is 5.88. The van der Waals surface area contributed by atoms with Gasteiger partial charge in [0.25, 0.3) is 0 Å². The Hall–Kier alpha value is -1.84. The Bertz CT molecular complexity index is 669. The Morgan fingerprint density at radius 3 is 2.44 bits per heavy atom. The molecule has 2 rings (SSSR count). The first-order valence-corrected chi connectivity index (χ1v) is 9.04. The van der Waals surface area contributed by atoms with Gasteiger partial charge in [-0.1, -0.05) is 6.07 Å². The van der Waals surface area contributed by atoms with Crippen LogP contribution < -0.4 is 10.1 Å². The van der Waals surface area contributed by atoms with Crippen molar-refractivity contribution >= 4 is 29.9 Å². The highest BCUT2D eigenvalue weighted by atomic mass is 127. The van der Waals surface area contributed by atoms with Gasteiger partial charge in [0.05, 0.1) is 6.54 Å². The zero-order valence-electron chi connectivity index (χ0n) is 16.7. The van der Waals surface area contributed by atoms with Crippen LogP contribution in [0, 0.1) is 13.8 Å². The molecule has 0 atom stereocenters. The third-order valence-electron chi connectivity index (χ3n) is 4.06. The first kappa shape index (κ1) is 23.2. The molecule has 7 nitrogen and oxygen atoms in total. The van der Waals surface area contributed by atoms with Crippen molar-refractivity contribution in [3.05, 3.63) is 42.0 Å². The van der Waals surface area contributed by atoms with Crippen molar-refractivity contribution in [3.63, 3.8) is 0 Å². The van der Waals surface area contributed by atoms with Gasteiger partial charge in [0.1, 0.15) is 25.0 Å². The molecule has 1 N–H and O–H groups in total. The molecule has 0 saturated carbocycles. The Balaban J connectivity index is 0.00000364. The van der Waals surface area contributed by atoms with Crippen molar-refractivity contribution in [2.45, 2.75) is 33.2 Å². The van der Waals surface area contributed by atoms with Crippen molar-refractivity contribution in [2.24, 2.45) is 4.99 Å². The summed E-state index contributed by atoms with van der Waals surface area (Å²) in [6, 6.07) is 6.28. The summed E-state index contributed by atoms with van der Waals surface area (Å²) < 4.78 is 7.87. The van der Waals surface area contributed by atoms with E-state index < -0.39 is 0 Å². The van der Waals surface area contributed by atoms with E-state index in [0.29, 0.717) is 6.61 Å². The van der Waals surface area contributed by atoms with E-state index in [2.05, 4.69) is 57.5 Å². The number of aliphatic imine (C=N–C) groups is 1. The number of aryl methyl sites for hydroxylation is 3. The van der Waals surface area contributed by atoms with Crippen molar-refractivity contribution in [1.29, 1.82) is 0 Å². The smallest absolute Gasteiger partial charge is 0.193 e. The highest BCUT2D eigenvalue weighted by molar-refractivity contribution is 14.0. The van der Waals surface area contributed by atoms with E-state index in [-0.39, 0.29) is 24.0 Å². The van der Waals surface area contributed by atoms with Gasteiger partial charge in [0, 0.05) is 27.2 Å². The Morgan fingerprint density at radius 2 is 1.81 bits per heavy atom. The van der Waals surface area contributed by atoms with Crippen LogP contribution in [-0.4, -0.2) is 59.4 Å². The molecule has 1 aromatic carbocycles. The fourth-order valence-corrected chi connectivity index (χ4v) is 2.76. The van der Waals surface area contributed by atoms with Crippen molar-refractivity contribution in [1.82, 2.24) is 25.0 Å². The largest absolute Gasteiger partial charge is 0.492 e. The predicted octanol–water partition coefficient (Wildman–Crippen LogP) is 2.88. The van der Waals surface area contributed by atoms with Gasteiger partial charge < -0.3 is 19.5 Å². The third-order valence-corrected chi connectivity index (χ3v) is 4.06. The lowest BCUT2D eigenvalue weighted by atomic mass is 10.1. The number of nitrogens with zero attached hydrogens (tertiary/aromatic N) is 5. The van der Waals surface area contributed by atoms with Crippen LogP contribution in [0.1, 0.15) is 24.0 Å². The van der Waals surface area contributed by atoms with Crippen molar-refractivity contribution in [3.8, 4) is 5.75 Å². The summed E-state index contributed by atoms with van der Waals surface area (Å²) in [7, 11) is 3.83. The topological polar surface area (TPSA) is 67.6 Å². The molecule has 0 bridgehead atoms. The summed E-state index contributed by atoms with van der Waals surface area (Å²) in [5.74, 6) is 1.81. The van der Waals surface area contributed by atoms with Gasteiger partial charge in [0.15, 0.2) is 5.96 Å². The van der Waals surface area contributed by atoms with E-state index in [1.54, 1.807) is 19.7 Å². The summed E-state index contributed by atoms with van der Waals surface area (Å²) in [6.45, 7) is 7.38. The second-order valence-corrected chi connectivity index (χ2v) is 6.47. The zero-order valence-corrected chi connectivity index (χ0v) is 19.0. The van der Waals surface area contributed by atoms with Gasteiger partial charge in [-0.3, -0.25) is 4.99 Å². The quantitative estimate of drug-likeness (QED) is 0.256. The van der Waals surface area contributed by atoms with E-state index in [9.17, 15) is 0 Å². The number of aromatic nitrogens is 3. The first-order chi connectivity index (χ1) is 12.6. The summed E-state index contributed by atoms with van der Waals surface area (Å²) in [5.41, 5.74) is 2.44. The molecular formula is C19H31IN6O. The van der Waals surface area contributed by atoms with Crippen LogP contribution in [-0.2, 0) is 6.54 Å². The van der Waals surface area contributed by atoms with E-state index in [4.69, 9.17) is 4.74 Å². The minimum Gasteiger partial charge on any atom is -0.492 e. The fourth-order valence-electron chi connectivity index (χ4n) is 2.76. The van der Waals surface area contributed by atoms with Crippen LogP contribution >= 0.6 is 24.0 Å². The Kier molecular flexibility index (Phi) is 10.8. The number of rotatable bonds is 9. The average Bonchev–Trinajstić information content (AvgIpc) is 3.10. The normalized spacial score (nSPS) is 11.0. The highest BCUT2D eigenvalue weighted by Crippen LogP contribution is 2.15. The maximum Gasteiger partial charge on any atom is 0.193 e. The van der Waals surface area contributed by atoms with Gasteiger partial charge in [-0.2, -0.15) is 0 Å². The van der Waals surface area contributed by atoms with E-state index in [1.165, 1.54) is 11.1 Å². The van der Waals surface area contributed by atoms with Gasteiger partial charge in [-0.05, 0) is 49.9 Å². The molecule has 150 valence electrons. The molecule has 0 unspecified atom stereocenters. The molecule has 0 aliphatic carbocycles. The number of halogens is 1. The second kappa shape index (κ2) is 12.5. The molecule has 0 fully saturated rings. The lowest BCUT2D eigenvalue weighted by Gasteiger charge is -2.22. The maximum absolute atomic E-state index is 5.88. The molecular weight excluding hydrogens is 455 g/mol. The molecule has 0 aliphatic rings. The monoisotopic (exact) mass is 486 g/mol. The number of nitrogens with one attached hydrogen (secondary N) is 1. The van der Waals surface area contributed by atoms with Crippen molar-refractivity contribution in [2.75, 3.05) is 33.8 Å². The van der Waals surface area contributed by atoms with Crippen LogP contribution in [0.3, 0.4) is 0 Å². The van der Waals surface area contributed by atoms with Gasteiger partial charge in [0.2, 0.25) is 0 Å². The van der Waals surface area contributed by atoms with Crippen LogP contribution in [0.15, 0.2) is 35.8 Å². The average molecular weight is 486 g/mol. The summed E-state index contributed by atoms with van der Waals surface area (Å²) >= 11 is 0.